The maximum absolute atomic E-state index is 13.8. The van der Waals surface area contributed by atoms with Crippen molar-refractivity contribution in [1.82, 2.24) is 0 Å². The largest absolute Gasteiger partial charge is 0.456 e. The van der Waals surface area contributed by atoms with E-state index in [2.05, 4.69) is 4.74 Å². The lowest BCUT2D eigenvalue weighted by Gasteiger charge is -2.42. The molecule has 2 nitrogen and oxygen atoms in total. The van der Waals surface area contributed by atoms with Crippen LogP contribution in [0.25, 0.3) is 0 Å². The van der Waals surface area contributed by atoms with Crippen LogP contribution in [0.2, 0.25) is 0 Å². The zero-order valence-electron chi connectivity index (χ0n) is 16.9. The number of hydrogen-bond acceptors (Lipinski definition) is 2. The minimum absolute atomic E-state index is 0.707. The monoisotopic (exact) mass is 600 g/mol. The first-order valence-electron chi connectivity index (χ1n) is 8.33. The van der Waals surface area contributed by atoms with Crippen LogP contribution in [0.5, 0.6) is 0 Å². The second kappa shape index (κ2) is 9.23. The minimum atomic E-state index is -8.65. The highest BCUT2D eigenvalue weighted by atomic mass is 19.4. The molecular weight excluding hydrogens is 592 g/mol. The van der Waals surface area contributed by atoms with Gasteiger partial charge in [0.25, 0.3) is 0 Å². The second-order valence-corrected chi connectivity index (χ2v) is 6.94. The average molecular weight is 600 g/mol. The molecule has 0 N–H and O–H groups in total. The Morgan fingerprint density at radius 1 is 0.649 bits per heavy atom. The van der Waals surface area contributed by atoms with Crippen molar-refractivity contribution in [3.8, 4) is 0 Å². The summed E-state index contributed by atoms with van der Waals surface area (Å²) in [5.41, 5.74) is -3.68. The minimum Gasteiger partial charge on any atom is -0.455 e. The first-order valence-corrected chi connectivity index (χ1v) is 8.33. The van der Waals surface area contributed by atoms with E-state index < -0.39 is 84.8 Å². The van der Waals surface area contributed by atoms with Gasteiger partial charge in [-0.2, -0.15) is 83.4 Å². The van der Waals surface area contributed by atoms with E-state index in [9.17, 15) is 92.6 Å². The number of carbonyl (C=O) groups is 1. The van der Waals surface area contributed by atoms with E-state index in [1.165, 1.54) is 6.58 Å². The van der Waals surface area contributed by atoms with Gasteiger partial charge in [-0.15, -0.1) is 0 Å². The summed E-state index contributed by atoms with van der Waals surface area (Å²) in [6.45, 7) is -2.53. The molecule has 37 heavy (non-hydrogen) atoms. The van der Waals surface area contributed by atoms with Gasteiger partial charge in [-0.05, 0) is 6.92 Å². The molecule has 0 aromatic rings. The third kappa shape index (κ3) is 4.99. The van der Waals surface area contributed by atoms with Crippen molar-refractivity contribution in [3.05, 3.63) is 12.2 Å². The Balaban J connectivity index is 6.50. The molecule has 0 saturated heterocycles. The third-order valence-corrected chi connectivity index (χ3v) is 4.31. The third-order valence-electron chi connectivity index (χ3n) is 4.31. The molecule has 1 atom stereocenters. The molecular formula is C15H8F20O2. The van der Waals surface area contributed by atoms with Gasteiger partial charge in [-0.1, -0.05) is 6.58 Å². The van der Waals surface area contributed by atoms with Crippen LogP contribution in [-0.2, 0) is 9.53 Å². The zero-order chi connectivity index (χ0) is 30.6. The molecule has 0 heterocycles. The van der Waals surface area contributed by atoms with E-state index >= 15 is 0 Å². The summed E-state index contributed by atoms with van der Waals surface area (Å²) in [7, 11) is 0. The summed E-state index contributed by atoms with van der Waals surface area (Å²) in [5, 5.41) is 0. The van der Waals surface area contributed by atoms with Gasteiger partial charge in [0.2, 0.25) is 0 Å². The molecule has 0 bridgehead atoms. The fourth-order valence-corrected chi connectivity index (χ4v) is 1.89. The van der Waals surface area contributed by atoms with Gasteiger partial charge in [-0.25, -0.2) is 9.18 Å². The smallest absolute Gasteiger partial charge is 0.455 e. The summed E-state index contributed by atoms with van der Waals surface area (Å²) < 4.78 is 265. The number of rotatable bonds is 11. The molecule has 0 saturated carbocycles. The van der Waals surface area contributed by atoms with Gasteiger partial charge in [0.1, 0.15) is 5.57 Å². The molecule has 0 radical (unpaired) electrons. The van der Waals surface area contributed by atoms with Gasteiger partial charge in [0.15, 0.2) is 12.8 Å². The molecule has 0 aromatic carbocycles. The highest BCUT2D eigenvalue weighted by Gasteiger charge is 2.93. The van der Waals surface area contributed by atoms with Gasteiger partial charge in [-0.3, -0.25) is 0 Å². The van der Waals surface area contributed by atoms with Crippen LogP contribution in [0, 0.1) is 0 Å². The number of hydrogen-bond donors (Lipinski definition) is 0. The molecule has 0 aliphatic carbocycles. The van der Waals surface area contributed by atoms with Gasteiger partial charge in [0.05, 0.1) is 0 Å². The van der Waals surface area contributed by atoms with Crippen molar-refractivity contribution in [2.75, 3.05) is 6.61 Å². The zero-order valence-corrected chi connectivity index (χ0v) is 16.9. The van der Waals surface area contributed by atoms with Gasteiger partial charge < -0.3 is 4.74 Å². The van der Waals surface area contributed by atoms with Gasteiger partial charge >= 0.3 is 59.5 Å². The topological polar surface area (TPSA) is 26.3 Å². The maximum Gasteiger partial charge on any atom is 0.456 e. The average Bonchev–Trinajstić information content (AvgIpc) is 2.69. The van der Waals surface area contributed by atoms with E-state index in [0.29, 0.717) is 0 Å². The SMILES string of the molecule is C=C(C(=O)OCC(F)(F)C(F)(F)F)C(F)(F)C(F)(F)C(F)(F)C(F)(F)C(F)(F)C(F)(F)C(F)(F)C(C)F. The van der Waals surface area contributed by atoms with Crippen LogP contribution in [-0.4, -0.2) is 72.3 Å². The number of alkyl halides is 20. The molecule has 0 aromatic heterocycles. The van der Waals surface area contributed by atoms with Crippen LogP contribution in [0.1, 0.15) is 6.92 Å². The molecule has 0 spiro atoms. The van der Waals surface area contributed by atoms with E-state index in [1.807, 2.05) is 0 Å². The summed E-state index contributed by atoms with van der Waals surface area (Å²) >= 11 is 0. The molecule has 0 fully saturated rings. The Bertz CT molecular complexity index is 867. The molecule has 0 aliphatic heterocycles. The van der Waals surface area contributed by atoms with Crippen molar-refractivity contribution in [2.45, 2.75) is 66.7 Å². The second-order valence-electron chi connectivity index (χ2n) is 6.94. The Morgan fingerprint density at radius 2 is 0.973 bits per heavy atom. The highest BCUT2D eigenvalue weighted by molar-refractivity contribution is 5.90. The van der Waals surface area contributed by atoms with Crippen LogP contribution >= 0.6 is 0 Å². The molecule has 0 amide bonds. The summed E-state index contributed by atoms with van der Waals surface area (Å²) in [6.07, 6.45) is -11.2. The quantitative estimate of drug-likeness (QED) is 0.144. The van der Waals surface area contributed by atoms with Crippen LogP contribution < -0.4 is 0 Å². The highest BCUT2D eigenvalue weighted by Crippen LogP contribution is 2.63. The van der Waals surface area contributed by atoms with Crippen molar-refractivity contribution < 1.29 is 97.3 Å². The van der Waals surface area contributed by atoms with Crippen LogP contribution in [0.15, 0.2) is 12.2 Å². The maximum atomic E-state index is 13.8. The van der Waals surface area contributed by atoms with Crippen LogP contribution in [0.3, 0.4) is 0 Å². The van der Waals surface area contributed by atoms with E-state index in [-0.39, 0.29) is 0 Å². The van der Waals surface area contributed by atoms with Crippen molar-refractivity contribution >= 4 is 5.97 Å². The summed E-state index contributed by atoms with van der Waals surface area (Å²) in [6, 6.07) is 0. The Hall–Kier alpha value is -2.19. The Labute approximate surface area is 190 Å². The Morgan fingerprint density at radius 3 is 1.30 bits per heavy atom. The standard InChI is InChI=1S/C15H8F20O2/c1-4(6(36)37-3-7(17,18)15(33,34)35)8(19,20)10(23,24)12(27,28)14(31,32)13(29,30)11(25,26)9(21,22)5(2)16/h5H,1,3H2,2H3. The summed E-state index contributed by atoms with van der Waals surface area (Å²) in [4.78, 5) is 11.1. The predicted molar refractivity (Wildman–Crippen MR) is 76.3 cm³/mol. The van der Waals surface area contributed by atoms with Crippen molar-refractivity contribution in [1.29, 1.82) is 0 Å². The first-order chi connectivity index (χ1) is 15.7. The first kappa shape index (κ1) is 34.8. The lowest BCUT2D eigenvalue weighted by atomic mass is 9.87. The van der Waals surface area contributed by atoms with Crippen LogP contribution in [0.4, 0.5) is 87.8 Å². The molecule has 0 aliphatic rings. The molecule has 220 valence electrons. The molecule has 0 rings (SSSR count). The van der Waals surface area contributed by atoms with Crippen molar-refractivity contribution in [2.24, 2.45) is 0 Å². The lowest BCUT2D eigenvalue weighted by molar-refractivity contribution is -0.441. The van der Waals surface area contributed by atoms with Crippen molar-refractivity contribution in [3.63, 3.8) is 0 Å². The molecule has 1 unspecified atom stereocenters. The lowest BCUT2D eigenvalue weighted by Crippen LogP contribution is -2.74. The van der Waals surface area contributed by atoms with E-state index in [1.54, 1.807) is 0 Å². The Kier molecular flexibility index (Phi) is 8.68. The number of carbonyl (C=O) groups excluding carboxylic acids is 1. The number of esters is 1. The number of ether oxygens (including phenoxy) is 1. The van der Waals surface area contributed by atoms with Gasteiger partial charge in [0, 0.05) is 0 Å². The predicted octanol–water partition coefficient (Wildman–Crippen LogP) is 7.09. The fraction of sp³-hybridized carbons (Fsp3) is 0.800. The normalized spacial score (nSPS) is 16.5. The fourth-order valence-electron chi connectivity index (χ4n) is 1.89. The van der Waals surface area contributed by atoms with E-state index in [0.717, 1.165) is 0 Å². The molecule has 22 heteroatoms. The number of halogens is 20. The summed E-state index contributed by atoms with van der Waals surface area (Å²) in [5.74, 6) is -66.1. The van der Waals surface area contributed by atoms with E-state index in [4.69, 9.17) is 0 Å².